The number of nitrogens with zero attached hydrogens (tertiary/aromatic N) is 2. The van der Waals surface area contributed by atoms with E-state index in [9.17, 15) is 0 Å². The molecule has 0 aliphatic rings. The second kappa shape index (κ2) is 7.30. The minimum Gasteiger partial charge on any atom is -0.355 e. The van der Waals surface area contributed by atoms with Crippen molar-refractivity contribution in [2.24, 2.45) is 5.41 Å². The normalized spacial score (nSPS) is 11.6. The molecule has 1 N–H and O–H groups in total. The average Bonchev–Trinajstić information content (AvgIpc) is 2.95. The van der Waals surface area contributed by atoms with Gasteiger partial charge in [0.05, 0.1) is 0 Å². The third-order valence-electron chi connectivity index (χ3n) is 3.86. The molecule has 0 radical (unpaired) electrons. The zero-order chi connectivity index (χ0) is 15.1. The lowest BCUT2D eigenvalue weighted by Gasteiger charge is -2.25. The molecule has 0 bridgehead atoms. The summed E-state index contributed by atoms with van der Waals surface area (Å²) in [6.07, 6.45) is 9.00. The largest absolute Gasteiger partial charge is 0.355 e. The fraction of sp³-hybridized carbons (Fsp3) is 0.500. The number of nitrogens with one attached hydrogen (secondary N) is 1. The molecule has 21 heavy (non-hydrogen) atoms. The Bertz CT molecular complexity index is 528. The van der Waals surface area contributed by atoms with Crippen LogP contribution in [0.1, 0.15) is 46.5 Å². The Hall–Kier alpha value is -1.77. The van der Waals surface area contributed by atoms with E-state index < -0.39 is 0 Å². The molecular formula is C18H27N3. The van der Waals surface area contributed by atoms with Gasteiger partial charge in [0.1, 0.15) is 0 Å². The molecule has 1 aromatic carbocycles. The molecule has 2 rings (SSSR count). The van der Waals surface area contributed by atoms with Crippen molar-refractivity contribution in [1.82, 2.24) is 9.55 Å². The molecule has 0 atom stereocenters. The van der Waals surface area contributed by atoms with Crippen molar-refractivity contribution < 1.29 is 0 Å². The van der Waals surface area contributed by atoms with E-state index in [-0.39, 0.29) is 0 Å². The number of benzene rings is 1. The van der Waals surface area contributed by atoms with Crippen LogP contribution in [0.25, 0.3) is 5.69 Å². The van der Waals surface area contributed by atoms with E-state index in [1.54, 1.807) is 0 Å². The summed E-state index contributed by atoms with van der Waals surface area (Å²) in [7, 11) is 0. The maximum absolute atomic E-state index is 4.44. The van der Waals surface area contributed by atoms with Gasteiger partial charge in [0.25, 0.3) is 0 Å². The summed E-state index contributed by atoms with van der Waals surface area (Å²) < 4.78 is 2.10. The SMILES string of the molecule is CCCCCC(C)(C)CNc1nccn1-c1ccccc1. The smallest absolute Gasteiger partial charge is 0.207 e. The minimum absolute atomic E-state index is 0.294. The van der Waals surface area contributed by atoms with Gasteiger partial charge in [0.2, 0.25) is 5.95 Å². The average molecular weight is 285 g/mol. The first kappa shape index (κ1) is 15.6. The molecule has 0 aliphatic carbocycles. The molecule has 3 nitrogen and oxygen atoms in total. The topological polar surface area (TPSA) is 29.9 Å². The van der Waals surface area contributed by atoms with E-state index in [4.69, 9.17) is 0 Å². The van der Waals surface area contributed by atoms with Gasteiger partial charge < -0.3 is 5.32 Å². The van der Waals surface area contributed by atoms with Crippen molar-refractivity contribution in [3.8, 4) is 5.69 Å². The van der Waals surface area contributed by atoms with Crippen LogP contribution < -0.4 is 5.32 Å². The highest BCUT2D eigenvalue weighted by molar-refractivity contribution is 5.41. The number of hydrogen-bond donors (Lipinski definition) is 1. The quantitative estimate of drug-likeness (QED) is 0.700. The van der Waals surface area contributed by atoms with Crippen molar-refractivity contribution in [2.75, 3.05) is 11.9 Å². The summed E-state index contributed by atoms with van der Waals surface area (Å²) in [5, 5.41) is 3.51. The number of rotatable bonds is 8. The number of aromatic nitrogens is 2. The maximum Gasteiger partial charge on any atom is 0.207 e. The van der Waals surface area contributed by atoms with Crippen molar-refractivity contribution in [1.29, 1.82) is 0 Å². The summed E-state index contributed by atoms with van der Waals surface area (Å²) in [4.78, 5) is 4.44. The molecular weight excluding hydrogens is 258 g/mol. The molecule has 0 amide bonds. The van der Waals surface area contributed by atoms with Crippen molar-refractivity contribution in [3.63, 3.8) is 0 Å². The number of anilines is 1. The van der Waals surface area contributed by atoms with Gasteiger partial charge in [-0.2, -0.15) is 0 Å². The third kappa shape index (κ3) is 4.62. The van der Waals surface area contributed by atoms with Crippen LogP contribution in [-0.4, -0.2) is 16.1 Å². The van der Waals surface area contributed by atoms with Crippen LogP contribution in [0.5, 0.6) is 0 Å². The van der Waals surface area contributed by atoms with Crippen molar-refractivity contribution >= 4 is 5.95 Å². The molecule has 0 saturated carbocycles. The lowest BCUT2D eigenvalue weighted by atomic mass is 9.87. The zero-order valence-corrected chi connectivity index (χ0v) is 13.5. The Labute approximate surface area is 128 Å². The Morgan fingerprint density at radius 2 is 1.90 bits per heavy atom. The van der Waals surface area contributed by atoms with Crippen LogP contribution in [0.4, 0.5) is 5.95 Å². The lowest BCUT2D eigenvalue weighted by Crippen LogP contribution is -2.24. The Balaban J connectivity index is 1.97. The highest BCUT2D eigenvalue weighted by Gasteiger charge is 2.18. The lowest BCUT2D eigenvalue weighted by molar-refractivity contribution is 0.341. The van der Waals surface area contributed by atoms with Gasteiger partial charge >= 0.3 is 0 Å². The summed E-state index contributed by atoms with van der Waals surface area (Å²) in [5.41, 5.74) is 1.43. The fourth-order valence-electron chi connectivity index (χ4n) is 2.49. The summed E-state index contributed by atoms with van der Waals surface area (Å²) in [5.74, 6) is 0.921. The van der Waals surface area contributed by atoms with E-state index in [2.05, 4.69) is 47.8 Å². The number of unbranched alkanes of at least 4 members (excludes halogenated alkanes) is 2. The highest BCUT2D eigenvalue weighted by atomic mass is 15.2. The van der Waals surface area contributed by atoms with E-state index in [0.717, 1.165) is 18.2 Å². The molecule has 0 unspecified atom stereocenters. The molecule has 114 valence electrons. The zero-order valence-electron chi connectivity index (χ0n) is 13.5. The summed E-state index contributed by atoms with van der Waals surface area (Å²) in [6, 6.07) is 10.3. The Kier molecular flexibility index (Phi) is 5.43. The summed E-state index contributed by atoms with van der Waals surface area (Å²) >= 11 is 0. The second-order valence-electron chi connectivity index (χ2n) is 6.43. The van der Waals surface area contributed by atoms with Gasteiger partial charge in [-0.3, -0.25) is 4.57 Å². The molecule has 2 aromatic rings. The predicted octanol–water partition coefficient (Wildman–Crippen LogP) is 4.89. The van der Waals surface area contributed by atoms with Crippen LogP contribution in [0.2, 0.25) is 0 Å². The van der Waals surface area contributed by atoms with E-state index in [1.807, 2.05) is 30.6 Å². The number of para-hydroxylation sites is 1. The first-order valence-corrected chi connectivity index (χ1v) is 7.95. The van der Waals surface area contributed by atoms with Crippen LogP contribution in [0.15, 0.2) is 42.7 Å². The van der Waals surface area contributed by atoms with E-state index in [0.29, 0.717) is 5.41 Å². The second-order valence-corrected chi connectivity index (χ2v) is 6.43. The van der Waals surface area contributed by atoms with Crippen LogP contribution in [0.3, 0.4) is 0 Å². The maximum atomic E-state index is 4.44. The fourth-order valence-corrected chi connectivity index (χ4v) is 2.49. The van der Waals surface area contributed by atoms with Crippen LogP contribution in [0, 0.1) is 5.41 Å². The van der Waals surface area contributed by atoms with Crippen molar-refractivity contribution in [3.05, 3.63) is 42.7 Å². The first-order valence-electron chi connectivity index (χ1n) is 7.95. The highest BCUT2D eigenvalue weighted by Crippen LogP contribution is 2.24. The Morgan fingerprint density at radius 1 is 1.14 bits per heavy atom. The molecule has 3 heteroatoms. The van der Waals surface area contributed by atoms with Gasteiger partial charge in [-0.05, 0) is 24.0 Å². The predicted molar refractivity (Wildman–Crippen MR) is 90.0 cm³/mol. The Morgan fingerprint density at radius 3 is 2.62 bits per heavy atom. The number of imidazole rings is 1. The van der Waals surface area contributed by atoms with Gasteiger partial charge in [0, 0.05) is 24.6 Å². The van der Waals surface area contributed by atoms with E-state index in [1.165, 1.54) is 25.7 Å². The molecule has 0 fully saturated rings. The molecule has 1 aromatic heterocycles. The minimum atomic E-state index is 0.294. The standard InChI is InChI=1S/C18H27N3/c1-4-5-9-12-18(2,3)15-20-17-19-13-14-21(17)16-10-7-6-8-11-16/h6-8,10-11,13-14H,4-5,9,12,15H2,1-3H3,(H,19,20). The van der Waals surface area contributed by atoms with Gasteiger partial charge in [-0.15, -0.1) is 0 Å². The molecule has 1 heterocycles. The monoisotopic (exact) mass is 285 g/mol. The van der Waals surface area contributed by atoms with Gasteiger partial charge in [-0.25, -0.2) is 4.98 Å². The van der Waals surface area contributed by atoms with Crippen LogP contribution >= 0.6 is 0 Å². The number of hydrogen-bond acceptors (Lipinski definition) is 2. The first-order chi connectivity index (χ1) is 10.1. The van der Waals surface area contributed by atoms with Crippen LogP contribution in [-0.2, 0) is 0 Å². The third-order valence-corrected chi connectivity index (χ3v) is 3.86. The summed E-state index contributed by atoms with van der Waals surface area (Å²) in [6.45, 7) is 7.85. The van der Waals surface area contributed by atoms with E-state index >= 15 is 0 Å². The van der Waals surface area contributed by atoms with Crippen molar-refractivity contribution in [2.45, 2.75) is 46.5 Å². The molecule has 0 saturated heterocycles. The molecule has 0 aliphatic heterocycles. The molecule has 0 spiro atoms. The van der Waals surface area contributed by atoms with Gasteiger partial charge in [-0.1, -0.05) is 58.2 Å². The van der Waals surface area contributed by atoms with Gasteiger partial charge in [0.15, 0.2) is 0 Å².